The number of hydrogen-bond acceptors (Lipinski definition) is 3. The molecule has 0 bridgehead atoms. The molecule has 0 radical (unpaired) electrons. The summed E-state index contributed by atoms with van der Waals surface area (Å²) in [6.07, 6.45) is 10.3. The van der Waals surface area contributed by atoms with Crippen molar-refractivity contribution < 1.29 is 13.9 Å². The number of aromatic nitrogens is 2. The largest absolute Gasteiger partial charge is 0.495 e. The Bertz CT molecular complexity index is 1220. The van der Waals surface area contributed by atoms with Gasteiger partial charge in [-0.25, -0.2) is 9.37 Å². The van der Waals surface area contributed by atoms with Crippen LogP contribution in [0.5, 0.6) is 5.75 Å². The normalized spacial score (nSPS) is 21.8. The van der Waals surface area contributed by atoms with Gasteiger partial charge in [0, 0.05) is 17.8 Å². The highest BCUT2D eigenvalue weighted by atomic mass is 19.1. The summed E-state index contributed by atoms with van der Waals surface area (Å²) in [6, 6.07) is 12.8. The molecule has 0 aliphatic carbocycles. The number of piperidine rings is 2. The monoisotopic (exact) mass is 445 g/mol. The molecule has 170 valence electrons. The molecule has 5 rings (SSSR count). The predicted octanol–water partition coefficient (Wildman–Crippen LogP) is 5.63. The third-order valence-corrected chi connectivity index (χ3v) is 6.77. The number of hydrogen-bond donors (Lipinski definition) is 0. The highest BCUT2D eigenvalue weighted by Crippen LogP contribution is 2.41. The minimum Gasteiger partial charge on any atom is -0.495 e. The smallest absolute Gasteiger partial charge is 0.250 e. The molecule has 1 aromatic heterocycles. The molecule has 0 unspecified atom stereocenters. The number of amides is 1. The van der Waals surface area contributed by atoms with Crippen LogP contribution in [-0.2, 0) is 4.79 Å². The highest BCUT2D eigenvalue weighted by molar-refractivity contribution is 5.99. The van der Waals surface area contributed by atoms with E-state index in [0.29, 0.717) is 0 Å². The highest BCUT2D eigenvalue weighted by Gasteiger charge is 2.39. The maximum Gasteiger partial charge on any atom is 0.250 e. The fourth-order valence-corrected chi connectivity index (χ4v) is 5.19. The van der Waals surface area contributed by atoms with Crippen molar-refractivity contribution >= 4 is 12.0 Å². The lowest BCUT2D eigenvalue weighted by Crippen LogP contribution is -2.49. The first-order valence-corrected chi connectivity index (χ1v) is 11.5. The van der Waals surface area contributed by atoms with Gasteiger partial charge in [-0.05, 0) is 80.5 Å². The van der Waals surface area contributed by atoms with Crippen molar-refractivity contribution in [3.8, 4) is 11.4 Å². The summed E-state index contributed by atoms with van der Waals surface area (Å²) in [5, 5.41) is 0. The predicted molar refractivity (Wildman–Crippen MR) is 126 cm³/mol. The average Bonchev–Trinajstić information content (AvgIpc) is 3.26. The fraction of sp³-hybridized carbons (Fsp3) is 0.333. The zero-order valence-corrected chi connectivity index (χ0v) is 19.0. The van der Waals surface area contributed by atoms with Gasteiger partial charge >= 0.3 is 0 Å². The van der Waals surface area contributed by atoms with Crippen LogP contribution in [0.3, 0.4) is 0 Å². The molecule has 1 amide bonds. The van der Waals surface area contributed by atoms with Crippen molar-refractivity contribution in [1.82, 2.24) is 14.5 Å². The second kappa shape index (κ2) is 8.85. The molecule has 5 nitrogen and oxygen atoms in total. The number of ether oxygens (including phenoxy) is 1. The molecule has 33 heavy (non-hydrogen) atoms. The molecule has 2 saturated heterocycles. The molecule has 2 atom stereocenters. The van der Waals surface area contributed by atoms with E-state index in [1.165, 1.54) is 6.07 Å². The van der Waals surface area contributed by atoms with Crippen LogP contribution < -0.4 is 4.74 Å². The Kier molecular flexibility index (Phi) is 5.75. The van der Waals surface area contributed by atoms with Crippen molar-refractivity contribution in [3.05, 3.63) is 83.2 Å². The summed E-state index contributed by atoms with van der Waals surface area (Å²) in [5.41, 5.74) is 4.44. The van der Waals surface area contributed by atoms with Crippen molar-refractivity contribution in [2.45, 2.75) is 51.1 Å². The number of rotatable bonds is 4. The van der Waals surface area contributed by atoms with Gasteiger partial charge in [0.25, 0.3) is 5.91 Å². The summed E-state index contributed by atoms with van der Waals surface area (Å²) < 4.78 is 21.5. The van der Waals surface area contributed by atoms with E-state index in [-0.39, 0.29) is 23.8 Å². The zero-order chi connectivity index (χ0) is 22.9. The molecule has 0 spiro atoms. The van der Waals surface area contributed by atoms with E-state index >= 15 is 0 Å². The van der Waals surface area contributed by atoms with Crippen LogP contribution in [0.4, 0.5) is 4.39 Å². The molecule has 0 saturated carbocycles. The van der Waals surface area contributed by atoms with Gasteiger partial charge in [0.05, 0.1) is 30.9 Å². The zero-order valence-electron chi connectivity index (χ0n) is 19.0. The van der Waals surface area contributed by atoms with Crippen LogP contribution >= 0.6 is 0 Å². The quantitative estimate of drug-likeness (QED) is 0.489. The SMILES string of the molecule is COc1cc(/C=C2\CC[C@@H]3CCC[C@@H](c4cccc(F)c4)N3C2=O)ccc1-n1cnc(C)c1. The third-order valence-electron chi connectivity index (χ3n) is 6.77. The first-order valence-electron chi connectivity index (χ1n) is 11.5. The first-order chi connectivity index (χ1) is 16.0. The van der Waals surface area contributed by atoms with Gasteiger partial charge in [-0.2, -0.15) is 0 Å². The minimum atomic E-state index is -0.255. The first kappa shape index (κ1) is 21.4. The molecule has 2 fully saturated rings. The summed E-state index contributed by atoms with van der Waals surface area (Å²) in [6.45, 7) is 1.95. The van der Waals surface area contributed by atoms with E-state index in [0.717, 1.165) is 65.9 Å². The van der Waals surface area contributed by atoms with Crippen LogP contribution in [0.1, 0.15) is 55.0 Å². The Balaban J connectivity index is 1.45. The number of imidazole rings is 1. The van der Waals surface area contributed by atoms with Gasteiger partial charge in [0.1, 0.15) is 11.6 Å². The minimum absolute atomic E-state index is 0.0634. The number of benzene rings is 2. The lowest BCUT2D eigenvalue weighted by molar-refractivity contribution is -0.136. The Morgan fingerprint density at radius 2 is 2.03 bits per heavy atom. The molecule has 3 aromatic rings. The Morgan fingerprint density at radius 3 is 2.79 bits per heavy atom. The summed E-state index contributed by atoms with van der Waals surface area (Å²) in [5.74, 6) is 0.530. The Morgan fingerprint density at radius 1 is 1.15 bits per heavy atom. The summed E-state index contributed by atoms with van der Waals surface area (Å²) in [7, 11) is 1.65. The third kappa shape index (κ3) is 4.17. The average molecular weight is 446 g/mol. The molecule has 2 aromatic carbocycles. The number of aryl methyl sites for hydroxylation is 1. The lowest BCUT2D eigenvalue weighted by atomic mass is 9.84. The van der Waals surface area contributed by atoms with E-state index in [4.69, 9.17) is 4.74 Å². The van der Waals surface area contributed by atoms with Crippen molar-refractivity contribution in [2.75, 3.05) is 7.11 Å². The van der Waals surface area contributed by atoms with E-state index in [2.05, 4.69) is 4.98 Å². The maximum absolute atomic E-state index is 13.9. The van der Waals surface area contributed by atoms with Gasteiger partial charge in [-0.1, -0.05) is 18.2 Å². The number of methoxy groups -OCH3 is 1. The van der Waals surface area contributed by atoms with E-state index < -0.39 is 0 Å². The Labute approximate surface area is 193 Å². The van der Waals surface area contributed by atoms with Crippen LogP contribution in [0.2, 0.25) is 0 Å². The van der Waals surface area contributed by atoms with Crippen LogP contribution in [-0.4, -0.2) is 33.5 Å². The number of fused-ring (bicyclic) bond motifs is 1. The molecule has 2 aliphatic heterocycles. The van der Waals surface area contributed by atoms with Crippen LogP contribution in [0.25, 0.3) is 11.8 Å². The van der Waals surface area contributed by atoms with Crippen LogP contribution in [0, 0.1) is 12.7 Å². The van der Waals surface area contributed by atoms with E-state index in [1.807, 2.05) is 52.9 Å². The summed E-state index contributed by atoms with van der Waals surface area (Å²) >= 11 is 0. The van der Waals surface area contributed by atoms with Crippen molar-refractivity contribution in [3.63, 3.8) is 0 Å². The molecule has 2 aliphatic rings. The molecule has 0 N–H and O–H groups in total. The van der Waals surface area contributed by atoms with Gasteiger partial charge < -0.3 is 14.2 Å². The fourth-order valence-electron chi connectivity index (χ4n) is 5.19. The summed E-state index contributed by atoms with van der Waals surface area (Å²) in [4.78, 5) is 19.9. The number of halogens is 1. The van der Waals surface area contributed by atoms with Gasteiger partial charge in [0.2, 0.25) is 0 Å². The lowest BCUT2D eigenvalue weighted by Gasteiger charge is -2.46. The molecule has 6 heteroatoms. The molecular formula is C27H28FN3O2. The second-order valence-electron chi connectivity index (χ2n) is 8.93. The van der Waals surface area contributed by atoms with Gasteiger partial charge in [-0.3, -0.25) is 4.79 Å². The van der Waals surface area contributed by atoms with E-state index in [9.17, 15) is 9.18 Å². The second-order valence-corrected chi connectivity index (χ2v) is 8.93. The Hall–Kier alpha value is -3.41. The molecule has 3 heterocycles. The van der Waals surface area contributed by atoms with Crippen molar-refractivity contribution in [2.24, 2.45) is 0 Å². The number of carbonyl (C=O) groups is 1. The van der Waals surface area contributed by atoms with Crippen molar-refractivity contribution in [1.29, 1.82) is 0 Å². The van der Waals surface area contributed by atoms with E-state index in [1.54, 1.807) is 25.6 Å². The molecular weight excluding hydrogens is 417 g/mol. The van der Waals surface area contributed by atoms with Crippen LogP contribution in [0.15, 0.2) is 60.6 Å². The maximum atomic E-state index is 13.9. The number of carbonyl (C=O) groups excluding carboxylic acids is 1. The standard InChI is InChI=1S/C27H28FN3O2/c1-18-16-30(17-29-18)25-12-9-19(14-26(25)33-2)13-21-10-11-23-7-4-8-24(31(23)27(21)32)20-5-3-6-22(28)15-20/h3,5-6,9,12-17,23-24H,4,7-8,10-11H2,1-2H3/b21-13+/t23-,24-/m0/s1. The van der Waals surface area contributed by atoms with Gasteiger partial charge in [0.15, 0.2) is 0 Å². The topological polar surface area (TPSA) is 47.4 Å². The number of nitrogens with zero attached hydrogens (tertiary/aromatic N) is 3. The van der Waals surface area contributed by atoms with Gasteiger partial charge in [-0.15, -0.1) is 0 Å².